The van der Waals surface area contributed by atoms with Crippen LogP contribution in [-0.2, 0) is 19.5 Å². The van der Waals surface area contributed by atoms with Gasteiger partial charge in [0.15, 0.2) is 0 Å². The topological polar surface area (TPSA) is 78.7 Å². The molecule has 1 aliphatic rings. The maximum absolute atomic E-state index is 12.1. The Morgan fingerprint density at radius 2 is 2.28 bits per heavy atom. The van der Waals surface area contributed by atoms with Crippen molar-refractivity contribution in [2.24, 2.45) is 0 Å². The summed E-state index contributed by atoms with van der Waals surface area (Å²) in [6.45, 7) is 1.16. The average Bonchev–Trinajstić information content (AvgIpc) is 2.67. The second kappa shape index (κ2) is 4.29. The molecule has 1 aliphatic heterocycles. The Balaban J connectivity index is 1.94. The van der Waals surface area contributed by atoms with Gasteiger partial charge in [0.1, 0.15) is 5.82 Å². The molecule has 2 N–H and O–H groups in total. The van der Waals surface area contributed by atoms with Gasteiger partial charge in [-0.3, -0.25) is 9.55 Å². The smallest absolute Gasteiger partial charge is 0.346 e. The highest BCUT2D eigenvalue weighted by atomic mass is 16.2. The summed E-state index contributed by atoms with van der Waals surface area (Å²) in [5.74, 6) is 0.884. The number of hydrogen-bond donors (Lipinski definition) is 1. The van der Waals surface area contributed by atoms with E-state index >= 15 is 0 Å². The summed E-state index contributed by atoms with van der Waals surface area (Å²) in [6.07, 6.45) is 4.68. The van der Waals surface area contributed by atoms with E-state index in [1.165, 1.54) is 4.68 Å². The predicted molar refractivity (Wildman–Crippen MR) is 67.2 cm³/mol. The molecule has 0 atom stereocenters. The summed E-state index contributed by atoms with van der Waals surface area (Å²) in [5, 5.41) is 4.36. The van der Waals surface area contributed by atoms with Gasteiger partial charge in [-0.1, -0.05) is 0 Å². The van der Waals surface area contributed by atoms with Gasteiger partial charge in [0.25, 0.3) is 0 Å². The van der Waals surface area contributed by atoms with E-state index in [9.17, 15) is 4.79 Å². The van der Waals surface area contributed by atoms with Crippen LogP contribution >= 0.6 is 0 Å². The van der Waals surface area contributed by atoms with Crippen LogP contribution in [0.2, 0.25) is 0 Å². The Labute approximate surface area is 104 Å². The van der Waals surface area contributed by atoms with Gasteiger partial charge in [0, 0.05) is 24.8 Å². The molecule has 0 aliphatic carbocycles. The lowest BCUT2D eigenvalue weighted by Gasteiger charge is -2.09. The van der Waals surface area contributed by atoms with Crippen LogP contribution in [0.4, 0.5) is 5.69 Å². The number of aromatic nitrogens is 4. The Morgan fingerprint density at radius 1 is 1.39 bits per heavy atom. The maximum atomic E-state index is 12.1. The lowest BCUT2D eigenvalue weighted by atomic mass is 10.2. The van der Waals surface area contributed by atoms with Crippen LogP contribution in [0.1, 0.15) is 24.4 Å². The Morgan fingerprint density at radius 3 is 3.06 bits per heavy atom. The summed E-state index contributed by atoms with van der Waals surface area (Å²) in [7, 11) is 0. The largest absolute Gasteiger partial charge is 0.399 e. The van der Waals surface area contributed by atoms with Gasteiger partial charge < -0.3 is 5.73 Å². The van der Waals surface area contributed by atoms with Crippen LogP contribution in [0.3, 0.4) is 0 Å². The van der Waals surface area contributed by atoms with Gasteiger partial charge in [-0.2, -0.15) is 5.10 Å². The first-order valence-corrected chi connectivity index (χ1v) is 6.11. The number of nitrogens with zero attached hydrogens (tertiary/aromatic N) is 4. The molecular formula is C12H15N5O. The van der Waals surface area contributed by atoms with E-state index in [0.29, 0.717) is 12.2 Å². The van der Waals surface area contributed by atoms with Crippen LogP contribution in [0.5, 0.6) is 0 Å². The summed E-state index contributed by atoms with van der Waals surface area (Å²) < 4.78 is 3.23. The van der Waals surface area contributed by atoms with E-state index in [1.807, 2.05) is 0 Å². The molecule has 0 radical (unpaired) electrons. The van der Waals surface area contributed by atoms with Crippen molar-refractivity contribution in [3.63, 3.8) is 0 Å². The normalized spacial score (nSPS) is 14.4. The molecule has 0 saturated heterocycles. The minimum absolute atomic E-state index is 0.0473. The lowest BCUT2D eigenvalue weighted by Crippen LogP contribution is -2.27. The van der Waals surface area contributed by atoms with E-state index in [1.54, 1.807) is 22.9 Å². The summed E-state index contributed by atoms with van der Waals surface area (Å²) in [5.41, 5.74) is 7.05. The number of nitrogens with two attached hydrogens (primary N) is 1. The van der Waals surface area contributed by atoms with Crippen molar-refractivity contribution in [3.05, 3.63) is 40.3 Å². The van der Waals surface area contributed by atoms with Crippen molar-refractivity contribution in [1.82, 2.24) is 19.3 Å². The molecule has 0 fully saturated rings. The molecule has 2 aromatic rings. The van der Waals surface area contributed by atoms with Crippen molar-refractivity contribution in [3.8, 4) is 0 Å². The SMILES string of the molecule is Nc1ccnc(Cn2nc3n(c2=O)CCCC3)c1. The molecule has 6 heteroatoms. The van der Waals surface area contributed by atoms with E-state index in [4.69, 9.17) is 5.73 Å². The number of rotatable bonds is 2. The van der Waals surface area contributed by atoms with Crippen molar-refractivity contribution in [2.45, 2.75) is 32.4 Å². The number of pyridine rings is 1. The van der Waals surface area contributed by atoms with Gasteiger partial charge in [-0.05, 0) is 25.0 Å². The molecular weight excluding hydrogens is 230 g/mol. The van der Waals surface area contributed by atoms with E-state index in [-0.39, 0.29) is 5.69 Å². The molecule has 0 amide bonds. The van der Waals surface area contributed by atoms with Crippen LogP contribution < -0.4 is 11.4 Å². The highest BCUT2D eigenvalue weighted by Crippen LogP contribution is 2.10. The average molecular weight is 245 g/mol. The third kappa shape index (κ3) is 1.90. The zero-order chi connectivity index (χ0) is 12.5. The quantitative estimate of drug-likeness (QED) is 0.831. The van der Waals surface area contributed by atoms with E-state index in [2.05, 4.69) is 10.1 Å². The van der Waals surface area contributed by atoms with Crippen molar-refractivity contribution < 1.29 is 0 Å². The van der Waals surface area contributed by atoms with Gasteiger partial charge in [-0.15, -0.1) is 0 Å². The van der Waals surface area contributed by atoms with Crippen LogP contribution in [0.15, 0.2) is 23.1 Å². The first-order chi connectivity index (χ1) is 8.74. The fraction of sp³-hybridized carbons (Fsp3) is 0.417. The van der Waals surface area contributed by atoms with Crippen molar-refractivity contribution in [1.29, 1.82) is 0 Å². The zero-order valence-electron chi connectivity index (χ0n) is 10.0. The molecule has 0 aromatic carbocycles. The molecule has 0 saturated carbocycles. The van der Waals surface area contributed by atoms with Gasteiger partial charge in [-0.25, -0.2) is 9.48 Å². The number of hydrogen-bond acceptors (Lipinski definition) is 4. The molecule has 18 heavy (non-hydrogen) atoms. The Bertz CT molecular complexity index is 628. The molecule has 0 bridgehead atoms. The fourth-order valence-electron chi connectivity index (χ4n) is 2.29. The fourth-order valence-corrected chi connectivity index (χ4v) is 2.29. The number of fused-ring (bicyclic) bond motifs is 1. The molecule has 3 rings (SSSR count). The summed E-state index contributed by atoms with van der Waals surface area (Å²) in [6, 6.07) is 3.50. The molecule has 6 nitrogen and oxygen atoms in total. The van der Waals surface area contributed by atoms with Crippen molar-refractivity contribution >= 4 is 5.69 Å². The summed E-state index contributed by atoms with van der Waals surface area (Å²) in [4.78, 5) is 16.3. The highest BCUT2D eigenvalue weighted by molar-refractivity contribution is 5.37. The van der Waals surface area contributed by atoms with Gasteiger partial charge >= 0.3 is 5.69 Å². The molecule has 94 valence electrons. The molecule has 3 heterocycles. The standard InChI is InChI=1S/C12H15N5O/c13-9-4-5-14-10(7-9)8-17-12(18)16-6-2-1-3-11(16)15-17/h4-5,7H,1-3,6,8H2,(H2,13,14). The monoisotopic (exact) mass is 245 g/mol. The second-order valence-electron chi connectivity index (χ2n) is 4.55. The van der Waals surface area contributed by atoms with Crippen LogP contribution in [-0.4, -0.2) is 19.3 Å². The predicted octanol–water partition coefficient (Wildman–Crippen LogP) is 0.407. The minimum Gasteiger partial charge on any atom is -0.399 e. The van der Waals surface area contributed by atoms with Crippen LogP contribution in [0.25, 0.3) is 0 Å². The minimum atomic E-state index is -0.0473. The lowest BCUT2D eigenvalue weighted by molar-refractivity contribution is 0.511. The number of anilines is 1. The highest BCUT2D eigenvalue weighted by Gasteiger charge is 2.16. The third-order valence-electron chi connectivity index (χ3n) is 3.18. The van der Waals surface area contributed by atoms with E-state index < -0.39 is 0 Å². The zero-order valence-corrected chi connectivity index (χ0v) is 10.0. The molecule has 0 unspecified atom stereocenters. The second-order valence-corrected chi connectivity index (χ2v) is 4.55. The number of aryl methyl sites for hydroxylation is 1. The molecule has 0 spiro atoms. The van der Waals surface area contributed by atoms with Gasteiger partial charge in [0.05, 0.1) is 12.2 Å². The Hall–Kier alpha value is -2.11. The van der Waals surface area contributed by atoms with Crippen LogP contribution in [0, 0.1) is 0 Å². The van der Waals surface area contributed by atoms with Crippen molar-refractivity contribution in [2.75, 3.05) is 5.73 Å². The third-order valence-corrected chi connectivity index (χ3v) is 3.18. The number of nitrogen functional groups attached to an aromatic ring is 1. The maximum Gasteiger partial charge on any atom is 0.346 e. The first kappa shape index (κ1) is 11.0. The Kier molecular flexibility index (Phi) is 2.62. The van der Waals surface area contributed by atoms with E-state index in [0.717, 1.165) is 37.3 Å². The van der Waals surface area contributed by atoms with Gasteiger partial charge in [0.2, 0.25) is 0 Å². The molecule has 2 aromatic heterocycles. The first-order valence-electron chi connectivity index (χ1n) is 6.11. The summed E-state index contributed by atoms with van der Waals surface area (Å²) >= 11 is 0.